The third-order valence-corrected chi connectivity index (χ3v) is 5.31. The summed E-state index contributed by atoms with van der Waals surface area (Å²) in [5.41, 5.74) is 1.17. The van der Waals surface area contributed by atoms with Gasteiger partial charge in [-0.15, -0.1) is 0 Å². The first-order valence-electron chi connectivity index (χ1n) is 8.60. The number of carbonyl (C=O) groups is 1. The van der Waals surface area contributed by atoms with Crippen LogP contribution in [0.4, 0.5) is 0 Å². The summed E-state index contributed by atoms with van der Waals surface area (Å²) in [5.74, 6) is 1.96. The Morgan fingerprint density at radius 3 is 3.05 bits per heavy atom. The monoisotopic (exact) mass is 304 g/mol. The lowest BCUT2D eigenvalue weighted by atomic mass is 9.82. The van der Waals surface area contributed by atoms with E-state index in [1.54, 1.807) is 0 Å². The van der Waals surface area contributed by atoms with Gasteiger partial charge < -0.3 is 10.6 Å². The smallest absolute Gasteiger partial charge is 0.225 e. The number of nitrogens with one attached hydrogen (secondary N) is 2. The van der Waals surface area contributed by atoms with Gasteiger partial charge in [0.1, 0.15) is 0 Å². The fraction of sp³-hybridized carbons (Fsp3) is 0.765. The molecule has 5 heteroatoms. The van der Waals surface area contributed by atoms with Gasteiger partial charge in [0, 0.05) is 38.8 Å². The van der Waals surface area contributed by atoms with Crippen LogP contribution in [-0.4, -0.2) is 35.3 Å². The molecule has 0 radical (unpaired) electrons. The third kappa shape index (κ3) is 3.51. The number of rotatable bonds is 4. The van der Waals surface area contributed by atoms with Gasteiger partial charge in [0.25, 0.3) is 0 Å². The molecule has 1 aromatic heterocycles. The predicted octanol–water partition coefficient (Wildman–Crippen LogP) is 1.67. The first-order valence-corrected chi connectivity index (χ1v) is 8.60. The van der Waals surface area contributed by atoms with Gasteiger partial charge in [0.2, 0.25) is 5.91 Å². The summed E-state index contributed by atoms with van der Waals surface area (Å²) in [7, 11) is 1.92. The molecule has 2 aliphatic rings. The Balaban J connectivity index is 1.54. The van der Waals surface area contributed by atoms with Crippen molar-refractivity contribution in [2.75, 3.05) is 19.6 Å². The molecule has 22 heavy (non-hydrogen) atoms. The molecule has 1 amide bonds. The molecule has 1 aliphatic carbocycles. The Kier molecular flexibility index (Phi) is 4.81. The summed E-state index contributed by atoms with van der Waals surface area (Å²) in [6.45, 7) is 4.81. The lowest BCUT2D eigenvalue weighted by Gasteiger charge is -2.27. The van der Waals surface area contributed by atoms with Crippen molar-refractivity contribution >= 4 is 5.91 Å². The van der Waals surface area contributed by atoms with Gasteiger partial charge in [0.05, 0.1) is 12.1 Å². The predicted molar refractivity (Wildman–Crippen MR) is 86.4 cm³/mol. The zero-order valence-corrected chi connectivity index (χ0v) is 13.7. The number of hydrogen-bond donors (Lipinski definition) is 2. The molecule has 3 rings (SSSR count). The van der Waals surface area contributed by atoms with Crippen molar-refractivity contribution in [3.05, 3.63) is 18.0 Å². The molecule has 2 unspecified atom stereocenters. The molecule has 5 nitrogen and oxygen atoms in total. The normalized spacial score (nSPS) is 32.1. The fourth-order valence-electron chi connectivity index (χ4n) is 4.06. The highest BCUT2D eigenvalue weighted by Gasteiger charge is 2.34. The zero-order valence-electron chi connectivity index (χ0n) is 13.7. The number of carbonyl (C=O) groups excluding carboxylic acids is 1. The summed E-state index contributed by atoms with van der Waals surface area (Å²) in [6.07, 6.45) is 9.10. The van der Waals surface area contributed by atoms with Gasteiger partial charge in [-0.25, -0.2) is 0 Å². The van der Waals surface area contributed by atoms with Gasteiger partial charge >= 0.3 is 0 Å². The number of amides is 1. The van der Waals surface area contributed by atoms with Crippen molar-refractivity contribution in [3.63, 3.8) is 0 Å². The maximum atomic E-state index is 12.6. The highest BCUT2D eigenvalue weighted by atomic mass is 16.1. The van der Waals surface area contributed by atoms with E-state index in [9.17, 15) is 4.79 Å². The molecule has 0 bridgehead atoms. The average Bonchev–Trinajstić information content (AvgIpc) is 3.13. The Hall–Kier alpha value is -1.36. The average molecular weight is 304 g/mol. The molecule has 2 N–H and O–H groups in total. The molecule has 1 saturated heterocycles. The van der Waals surface area contributed by atoms with Crippen LogP contribution < -0.4 is 10.6 Å². The second kappa shape index (κ2) is 6.82. The minimum absolute atomic E-state index is 0.0326. The van der Waals surface area contributed by atoms with Crippen molar-refractivity contribution < 1.29 is 4.79 Å². The highest BCUT2D eigenvalue weighted by Crippen LogP contribution is 2.30. The molecule has 1 aromatic rings. The van der Waals surface area contributed by atoms with Crippen LogP contribution in [0.15, 0.2) is 12.4 Å². The van der Waals surface area contributed by atoms with Crippen LogP contribution in [0.25, 0.3) is 0 Å². The van der Waals surface area contributed by atoms with Crippen LogP contribution >= 0.6 is 0 Å². The van der Waals surface area contributed by atoms with Crippen molar-refractivity contribution in [3.8, 4) is 0 Å². The summed E-state index contributed by atoms with van der Waals surface area (Å²) in [4.78, 5) is 12.6. The van der Waals surface area contributed by atoms with Crippen LogP contribution in [0.1, 0.15) is 44.1 Å². The van der Waals surface area contributed by atoms with Crippen molar-refractivity contribution in [1.82, 2.24) is 20.4 Å². The van der Waals surface area contributed by atoms with Gasteiger partial charge in [-0.3, -0.25) is 9.48 Å². The minimum Gasteiger partial charge on any atom is -0.356 e. The molecule has 122 valence electrons. The second-order valence-electron chi connectivity index (χ2n) is 7.20. The minimum atomic E-state index is 0.0326. The summed E-state index contributed by atoms with van der Waals surface area (Å²) in [5, 5.41) is 10.8. The largest absolute Gasteiger partial charge is 0.356 e. The lowest BCUT2D eigenvalue weighted by Crippen LogP contribution is -2.38. The van der Waals surface area contributed by atoms with Crippen LogP contribution in [-0.2, 0) is 11.8 Å². The molecule has 4 atom stereocenters. The third-order valence-electron chi connectivity index (χ3n) is 5.31. The van der Waals surface area contributed by atoms with E-state index >= 15 is 0 Å². The standard InChI is InChI=1S/C17H28N4O/c1-12-4-3-5-13(6-12)7-19-17(22)16-10-18-9-15(16)14-8-20-21(2)11-14/h8,11-13,15-16,18H,3-7,9-10H2,1-2H3,(H,19,22)/t12?,13?,15-,16+/m1/s1. The molecule has 0 spiro atoms. The van der Waals surface area contributed by atoms with Crippen molar-refractivity contribution in [2.45, 2.75) is 38.5 Å². The van der Waals surface area contributed by atoms with E-state index in [2.05, 4.69) is 22.7 Å². The fourth-order valence-corrected chi connectivity index (χ4v) is 4.06. The van der Waals surface area contributed by atoms with Crippen LogP contribution in [0.2, 0.25) is 0 Å². The van der Waals surface area contributed by atoms with Gasteiger partial charge in [-0.2, -0.15) is 5.10 Å². The van der Waals surface area contributed by atoms with Crippen LogP contribution in [0.3, 0.4) is 0 Å². The summed E-state index contributed by atoms with van der Waals surface area (Å²) < 4.78 is 1.81. The Bertz CT molecular complexity index is 513. The van der Waals surface area contributed by atoms with Gasteiger partial charge in [-0.05, 0) is 30.2 Å². The number of nitrogens with zero attached hydrogens (tertiary/aromatic N) is 2. The Labute approximate surface area is 132 Å². The SMILES string of the molecule is CC1CCCC(CNC(=O)[C@H]2CNC[C@@H]2c2cnn(C)c2)C1. The first kappa shape index (κ1) is 15.5. The highest BCUT2D eigenvalue weighted by molar-refractivity contribution is 5.80. The summed E-state index contributed by atoms with van der Waals surface area (Å²) in [6, 6.07) is 0. The lowest BCUT2D eigenvalue weighted by molar-refractivity contribution is -0.125. The van der Waals surface area contributed by atoms with E-state index in [0.717, 1.165) is 25.6 Å². The molecular formula is C17H28N4O. The van der Waals surface area contributed by atoms with E-state index in [1.807, 2.05) is 24.1 Å². The molecule has 1 aliphatic heterocycles. The van der Waals surface area contributed by atoms with Crippen molar-refractivity contribution in [1.29, 1.82) is 0 Å². The topological polar surface area (TPSA) is 59.0 Å². The van der Waals surface area contributed by atoms with Gasteiger partial charge in [-0.1, -0.05) is 19.8 Å². The van der Waals surface area contributed by atoms with E-state index in [0.29, 0.717) is 5.92 Å². The van der Waals surface area contributed by atoms with E-state index in [1.165, 1.54) is 31.2 Å². The maximum absolute atomic E-state index is 12.6. The van der Waals surface area contributed by atoms with E-state index in [4.69, 9.17) is 0 Å². The van der Waals surface area contributed by atoms with Crippen molar-refractivity contribution in [2.24, 2.45) is 24.8 Å². The molecule has 2 heterocycles. The molecular weight excluding hydrogens is 276 g/mol. The molecule has 1 saturated carbocycles. The van der Waals surface area contributed by atoms with Crippen LogP contribution in [0, 0.1) is 17.8 Å². The van der Waals surface area contributed by atoms with E-state index < -0.39 is 0 Å². The summed E-state index contributed by atoms with van der Waals surface area (Å²) >= 11 is 0. The second-order valence-corrected chi connectivity index (χ2v) is 7.20. The number of hydrogen-bond acceptors (Lipinski definition) is 3. The van der Waals surface area contributed by atoms with Gasteiger partial charge in [0.15, 0.2) is 0 Å². The van der Waals surface area contributed by atoms with Crippen LogP contribution in [0.5, 0.6) is 0 Å². The Morgan fingerprint density at radius 2 is 2.32 bits per heavy atom. The molecule has 0 aromatic carbocycles. The quantitative estimate of drug-likeness (QED) is 0.889. The number of aryl methyl sites for hydroxylation is 1. The Morgan fingerprint density at radius 1 is 1.45 bits per heavy atom. The first-order chi connectivity index (χ1) is 10.6. The maximum Gasteiger partial charge on any atom is 0.225 e. The number of aromatic nitrogens is 2. The molecule has 2 fully saturated rings. The zero-order chi connectivity index (χ0) is 15.5. The van der Waals surface area contributed by atoms with E-state index in [-0.39, 0.29) is 17.7 Å².